The molecule has 8 heteroatoms. The van der Waals surface area contributed by atoms with Crippen molar-refractivity contribution >= 4 is 28.6 Å². The van der Waals surface area contributed by atoms with Crippen molar-refractivity contribution in [2.45, 2.75) is 64.8 Å². The van der Waals surface area contributed by atoms with Crippen LogP contribution >= 0.6 is 0 Å². The number of hydrogen-bond donors (Lipinski definition) is 0. The molecule has 0 bridgehead atoms. The highest BCUT2D eigenvalue weighted by Gasteiger charge is 2.25. The van der Waals surface area contributed by atoms with E-state index >= 15 is 0 Å². The molecule has 0 atom stereocenters. The van der Waals surface area contributed by atoms with Crippen LogP contribution < -0.4 is 11.0 Å². The summed E-state index contributed by atoms with van der Waals surface area (Å²) >= 11 is 0. The van der Waals surface area contributed by atoms with E-state index in [1.165, 1.54) is 10.5 Å². The molecule has 3 heterocycles. The van der Waals surface area contributed by atoms with Crippen molar-refractivity contribution in [2.75, 3.05) is 6.61 Å². The van der Waals surface area contributed by atoms with Gasteiger partial charge in [0.2, 0.25) is 5.91 Å². The highest BCUT2D eigenvalue weighted by Crippen LogP contribution is 2.29. The number of pyridine rings is 2. The molecule has 0 aromatic carbocycles. The molecular weight excluding hydrogens is 408 g/mol. The summed E-state index contributed by atoms with van der Waals surface area (Å²) in [6, 6.07) is 6.83. The van der Waals surface area contributed by atoms with Gasteiger partial charge < -0.3 is 9.30 Å². The smallest absolute Gasteiger partial charge is 0.341 e. The van der Waals surface area contributed by atoms with E-state index in [0.717, 1.165) is 32.1 Å². The van der Waals surface area contributed by atoms with Gasteiger partial charge in [-0.05, 0) is 44.4 Å². The first-order chi connectivity index (χ1) is 15.5. The van der Waals surface area contributed by atoms with Gasteiger partial charge in [0.05, 0.1) is 12.0 Å². The molecule has 0 spiro atoms. The van der Waals surface area contributed by atoms with E-state index in [-0.39, 0.29) is 41.6 Å². The third-order valence-corrected chi connectivity index (χ3v) is 5.86. The Kier molecular flexibility index (Phi) is 6.48. The maximum absolute atomic E-state index is 13.4. The summed E-state index contributed by atoms with van der Waals surface area (Å²) in [4.78, 5) is 48.0. The standard InChI is InChI=1S/C24H28N4O4/c1-3-10-20(29)26-22-18(24(31)32-4-2)15-17-21(28(22)16-11-6-5-7-12-16)25-19-13-8-9-14-27(19)23(17)30/h8-9,13-16H,3-7,10-12H2,1-2H3. The van der Waals surface area contributed by atoms with Crippen LogP contribution in [0.1, 0.15) is 75.2 Å². The van der Waals surface area contributed by atoms with Crippen LogP contribution in [-0.4, -0.2) is 32.4 Å². The minimum absolute atomic E-state index is 0.00753. The van der Waals surface area contributed by atoms with Gasteiger partial charge >= 0.3 is 5.97 Å². The van der Waals surface area contributed by atoms with Crippen LogP contribution in [0.2, 0.25) is 0 Å². The van der Waals surface area contributed by atoms with Crippen molar-refractivity contribution in [2.24, 2.45) is 4.99 Å². The Balaban J connectivity index is 2.15. The zero-order valence-electron chi connectivity index (χ0n) is 18.5. The number of fused-ring (bicyclic) bond motifs is 2. The number of esters is 1. The summed E-state index contributed by atoms with van der Waals surface area (Å²) in [7, 11) is 0. The van der Waals surface area contributed by atoms with Gasteiger partial charge in [-0.2, -0.15) is 4.99 Å². The van der Waals surface area contributed by atoms with E-state index in [9.17, 15) is 14.4 Å². The lowest BCUT2D eigenvalue weighted by molar-refractivity contribution is -0.118. The Morgan fingerprint density at radius 1 is 1.19 bits per heavy atom. The molecule has 1 amide bonds. The van der Waals surface area contributed by atoms with Crippen molar-refractivity contribution < 1.29 is 14.3 Å². The molecule has 1 saturated carbocycles. The number of hydrogen-bond acceptors (Lipinski definition) is 5. The first kappa shape index (κ1) is 21.9. The van der Waals surface area contributed by atoms with Crippen molar-refractivity contribution in [3.63, 3.8) is 0 Å². The van der Waals surface area contributed by atoms with Crippen LogP contribution in [0.5, 0.6) is 0 Å². The predicted molar refractivity (Wildman–Crippen MR) is 121 cm³/mol. The summed E-state index contributed by atoms with van der Waals surface area (Å²) < 4.78 is 8.59. The SMILES string of the molecule is CCCC(=O)N=c1c(C(=O)OCC)cc2c(=O)n3ccccc3nc2n1C1CCCCC1. The molecule has 3 aromatic rings. The van der Waals surface area contributed by atoms with E-state index in [0.29, 0.717) is 23.1 Å². The van der Waals surface area contributed by atoms with Crippen molar-refractivity contribution in [1.82, 2.24) is 14.0 Å². The molecule has 0 aliphatic heterocycles. The second kappa shape index (κ2) is 9.46. The van der Waals surface area contributed by atoms with Gasteiger partial charge in [0.1, 0.15) is 16.9 Å². The molecule has 0 radical (unpaired) electrons. The van der Waals surface area contributed by atoms with Gasteiger partial charge in [0.25, 0.3) is 5.56 Å². The number of carbonyl (C=O) groups excluding carboxylic acids is 2. The van der Waals surface area contributed by atoms with Gasteiger partial charge in [-0.25, -0.2) is 9.78 Å². The maximum atomic E-state index is 13.4. The fraction of sp³-hybridized carbons (Fsp3) is 0.458. The predicted octanol–water partition coefficient (Wildman–Crippen LogP) is 3.56. The first-order valence-corrected chi connectivity index (χ1v) is 11.4. The zero-order valence-corrected chi connectivity index (χ0v) is 18.5. The third kappa shape index (κ3) is 4.09. The lowest BCUT2D eigenvalue weighted by Crippen LogP contribution is -2.35. The minimum atomic E-state index is -0.598. The first-order valence-electron chi connectivity index (χ1n) is 11.4. The summed E-state index contributed by atoms with van der Waals surface area (Å²) in [6.07, 6.45) is 7.50. The van der Waals surface area contributed by atoms with Crippen LogP contribution in [0.25, 0.3) is 16.7 Å². The van der Waals surface area contributed by atoms with Crippen LogP contribution in [0.15, 0.2) is 40.2 Å². The molecule has 1 aliphatic carbocycles. The number of ether oxygens (including phenoxy) is 1. The van der Waals surface area contributed by atoms with Crippen molar-refractivity contribution in [3.8, 4) is 0 Å². The van der Waals surface area contributed by atoms with Crippen LogP contribution in [-0.2, 0) is 9.53 Å². The summed E-state index contributed by atoms with van der Waals surface area (Å²) in [5.74, 6) is -0.904. The Hall–Kier alpha value is -3.29. The molecule has 1 fully saturated rings. The van der Waals surface area contributed by atoms with Gasteiger partial charge in [-0.15, -0.1) is 0 Å². The van der Waals surface area contributed by atoms with Gasteiger partial charge in [-0.1, -0.05) is 32.3 Å². The van der Waals surface area contributed by atoms with Gasteiger partial charge in [-0.3, -0.25) is 14.0 Å². The van der Waals surface area contributed by atoms with Crippen LogP contribution in [0.3, 0.4) is 0 Å². The molecular formula is C24H28N4O4. The number of rotatable bonds is 5. The highest BCUT2D eigenvalue weighted by atomic mass is 16.5. The molecule has 4 rings (SSSR count). The molecule has 0 unspecified atom stereocenters. The average Bonchev–Trinajstić information content (AvgIpc) is 2.80. The number of nitrogens with zero attached hydrogens (tertiary/aromatic N) is 4. The van der Waals surface area contributed by atoms with Crippen molar-refractivity contribution in [3.05, 3.63) is 51.9 Å². The second-order valence-corrected chi connectivity index (χ2v) is 8.10. The fourth-order valence-electron chi connectivity index (χ4n) is 4.39. The molecule has 0 N–H and O–H groups in total. The lowest BCUT2D eigenvalue weighted by Gasteiger charge is -2.27. The van der Waals surface area contributed by atoms with E-state index in [2.05, 4.69) is 4.99 Å². The lowest BCUT2D eigenvalue weighted by atomic mass is 9.94. The normalized spacial score (nSPS) is 15.4. The molecule has 32 heavy (non-hydrogen) atoms. The highest BCUT2D eigenvalue weighted by molar-refractivity contribution is 5.93. The Bertz CT molecular complexity index is 1300. The molecule has 3 aromatic heterocycles. The summed E-state index contributed by atoms with van der Waals surface area (Å²) in [5.41, 5.74) is 1.05. The Labute approximate surface area is 185 Å². The van der Waals surface area contributed by atoms with Crippen LogP contribution in [0.4, 0.5) is 0 Å². The number of aromatic nitrogens is 3. The monoisotopic (exact) mass is 436 g/mol. The zero-order chi connectivity index (χ0) is 22.7. The Morgan fingerprint density at radius 3 is 2.69 bits per heavy atom. The van der Waals surface area contributed by atoms with Crippen molar-refractivity contribution in [1.29, 1.82) is 0 Å². The molecule has 168 valence electrons. The summed E-state index contributed by atoms with van der Waals surface area (Å²) in [5, 5.41) is 0.309. The topological polar surface area (TPSA) is 95.0 Å². The number of amides is 1. The van der Waals surface area contributed by atoms with E-state index in [1.807, 2.05) is 17.6 Å². The third-order valence-electron chi connectivity index (χ3n) is 5.86. The van der Waals surface area contributed by atoms with Crippen LogP contribution in [0, 0.1) is 0 Å². The fourth-order valence-corrected chi connectivity index (χ4v) is 4.39. The summed E-state index contributed by atoms with van der Waals surface area (Å²) in [6.45, 7) is 3.80. The second-order valence-electron chi connectivity index (χ2n) is 8.10. The molecule has 8 nitrogen and oxygen atoms in total. The van der Waals surface area contributed by atoms with E-state index < -0.39 is 5.97 Å². The van der Waals surface area contributed by atoms with E-state index in [4.69, 9.17) is 9.72 Å². The van der Waals surface area contributed by atoms with Gasteiger partial charge in [0.15, 0.2) is 5.49 Å². The average molecular weight is 437 g/mol. The molecule has 1 aliphatic rings. The number of carbonyl (C=O) groups is 2. The quantitative estimate of drug-likeness (QED) is 0.450. The largest absolute Gasteiger partial charge is 0.462 e. The maximum Gasteiger partial charge on any atom is 0.341 e. The van der Waals surface area contributed by atoms with E-state index in [1.54, 1.807) is 25.3 Å². The minimum Gasteiger partial charge on any atom is -0.462 e. The van der Waals surface area contributed by atoms with Gasteiger partial charge in [0, 0.05) is 18.7 Å². The Morgan fingerprint density at radius 2 is 1.97 bits per heavy atom. The molecule has 0 saturated heterocycles.